The number of carbonyl (C=O) groups excluding carboxylic acids is 1. The number of benzene rings is 1. The summed E-state index contributed by atoms with van der Waals surface area (Å²) >= 11 is 0. The van der Waals surface area contributed by atoms with Crippen molar-refractivity contribution in [2.75, 3.05) is 6.54 Å². The van der Waals surface area contributed by atoms with Crippen LogP contribution in [-0.2, 0) is 0 Å². The molecule has 0 unspecified atom stereocenters. The molecule has 0 saturated carbocycles. The number of halogens is 1. The van der Waals surface area contributed by atoms with Gasteiger partial charge in [0.2, 0.25) is 0 Å². The van der Waals surface area contributed by atoms with Crippen LogP contribution in [-0.4, -0.2) is 28.5 Å². The van der Waals surface area contributed by atoms with Crippen LogP contribution in [0.3, 0.4) is 0 Å². The summed E-state index contributed by atoms with van der Waals surface area (Å²) in [6, 6.07) is 3.58. The molecule has 20 heavy (non-hydrogen) atoms. The number of aromatic hydroxyl groups is 1. The van der Waals surface area contributed by atoms with E-state index < -0.39 is 5.82 Å². The highest BCUT2D eigenvalue weighted by Gasteiger charge is 2.25. The molecule has 0 bridgehead atoms. The zero-order valence-electron chi connectivity index (χ0n) is 12.7. The van der Waals surface area contributed by atoms with Gasteiger partial charge in [0.15, 0.2) is 0 Å². The molecule has 0 aliphatic carbocycles. The SMILES string of the molecule is CCC(CC)N(CC(C)C)C(=O)c1cc(F)ccc1O. The summed E-state index contributed by atoms with van der Waals surface area (Å²) in [6.07, 6.45) is 1.68. The van der Waals surface area contributed by atoms with Gasteiger partial charge in [0.1, 0.15) is 11.6 Å². The van der Waals surface area contributed by atoms with E-state index in [2.05, 4.69) is 0 Å². The third-order valence-electron chi connectivity index (χ3n) is 3.39. The summed E-state index contributed by atoms with van der Waals surface area (Å²) in [4.78, 5) is 14.4. The smallest absolute Gasteiger partial charge is 0.257 e. The van der Waals surface area contributed by atoms with Gasteiger partial charge in [-0.3, -0.25) is 4.79 Å². The Morgan fingerprint density at radius 1 is 1.30 bits per heavy atom. The average molecular weight is 281 g/mol. The molecule has 0 saturated heterocycles. The standard InChI is InChI=1S/C16H24FNO2/c1-5-13(6-2)18(10-11(3)4)16(20)14-9-12(17)7-8-15(14)19/h7-9,11,13,19H,5-6,10H2,1-4H3. The van der Waals surface area contributed by atoms with Crippen LogP contribution in [0.5, 0.6) is 5.75 Å². The minimum absolute atomic E-state index is 0.0394. The number of hydrogen-bond donors (Lipinski definition) is 1. The number of hydrogen-bond acceptors (Lipinski definition) is 2. The lowest BCUT2D eigenvalue weighted by atomic mass is 10.0. The Kier molecular flexibility index (Phi) is 5.99. The Bertz CT molecular complexity index is 456. The molecule has 1 aromatic carbocycles. The van der Waals surface area contributed by atoms with Gasteiger partial charge in [-0.05, 0) is 37.0 Å². The van der Waals surface area contributed by atoms with Crippen molar-refractivity contribution in [3.63, 3.8) is 0 Å². The molecular formula is C16H24FNO2. The van der Waals surface area contributed by atoms with Gasteiger partial charge in [0.25, 0.3) is 5.91 Å². The van der Waals surface area contributed by atoms with Gasteiger partial charge in [0.05, 0.1) is 5.56 Å². The fraction of sp³-hybridized carbons (Fsp3) is 0.562. The molecule has 3 nitrogen and oxygen atoms in total. The molecule has 112 valence electrons. The lowest BCUT2D eigenvalue weighted by Crippen LogP contribution is -2.42. The second kappa shape index (κ2) is 7.27. The molecule has 0 aliphatic rings. The summed E-state index contributed by atoms with van der Waals surface area (Å²) in [5.41, 5.74) is 0.0394. The molecule has 0 aromatic heterocycles. The maximum Gasteiger partial charge on any atom is 0.257 e. The molecule has 1 aromatic rings. The number of amides is 1. The van der Waals surface area contributed by atoms with Gasteiger partial charge in [-0.2, -0.15) is 0 Å². The van der Waals surface area contributed by atoms with Gasteiger partial charge in [-0.1, -0.05) is 27.7 Å². The van der Waals surface area contributed by atoms with Crippen LogP contribution >= 0.6 is 0 Å². The van der Waals surface area contributed by atoms with E-state index in [1.165, 1.54) is 6.07 Å². The van der Waals surface area contributed by atoms with Crippen molar-refractivity contribution in [3.8, 4) is 5.75 Å². The number of phenols is 1. The first-order chi connectivity index (χ1) is 9.40. The maximum atomic E-state index is 13.3. The largest absolute Gasteiger partial charge is 0.507 e. The van der Waals surface area contributed by atoms with Crippen LogP contribution in [0.1, 0.15) is 50.9 Å². The topological polar surface area (TPSA) is 40.5 Å². The molecule has 1 rings (SSSR count). The van der Waals surface area contributed by atoms with E-state index in [1.807, 2.05) is 27.7 Å². The van der Waals surface area contributed by atoms with Crippen molar-refractivity contribution >= 4 is 5.91 Å². The van der Waals surface area contributed by atoms with Crippen molar-refractivity contribution in [1.29, 1.82) is 0 Å². The number of carbonyl (C=O) groups is 1. The predicted octanol–water partition coefficient (Wildman–Crippen LogP) is 3.82. The van der Waals surface area contributed by atoms with E-state index in [4.69, 9.17) is 0 Å². The molecule has 0 heterocycles. The van der Waals surface area contributed by atoms with Gasteiger partial charge >= 0.3 is 0 Å². The Morgan fingerprint density at radius 2 is 1.90 bits per heavy atom. The Morgan fingerprint density at radius 3 is 2.40 bits per heavy atom. The summed E-state index contributed by atoms with van der Waals surface area (Å²) in [7, 11) is 0. The van der Waals surface area contributed by atoms with Crippen LogP contribution < -0.4 is 0 Å². The second-order valence-corrected chi connectivity index (χ2v) is 5.48. The van der Waals surface area contributed by atoms with Crippen LogP contribution in [0.25, 0.3) is 0 Å². The van der Waals surface area contributed by atoms with E-state index in [0.717, 1.165) is 25.0 Å². The first-order valence-electron chi connectivity index (χ1n) is 7.20. The van der Waals surface area contributed by atoms with Crippen molar-refractivity contribution in [1.82, 2.24) is 4.90 Å². The quantitative estimate of drug-likeness (QED) is 0.861. The lowest BCUT2D eigenvalue weighted by Gasteiger charge is -2.32. The first-order valence-corrected chi connectivity index (χ1v) is 7.20. The monoisotopic (exact) mass is 281 g/mol. The van der Waals surface area contributed by atoms with Gasteiger partial charge < -0.3 is 10.0 Å². The van der Waals surface area contributed by atoms with Crippen molar-refractivity contribution in [3.05, 3.63) is 29.6 Å². The Balaban J connectivity index is 3.12. The molecule has 1 N–H and O–H groups in total. The molecule has 0 fully saturated rings. The zero-order valence-corrected chi connectivity index (χ0v) is 12.7. The number of phenolic OH excluding ortho intramolecular Hbond substituents is 1. The highest BCUT2D eigenvalue weighted by Crippen LogP contribution is 2.23. The normalized spacial score (nSPS) is 11.2. The average Bonchev–Trinajstić information content (AvgIpc) is 2.40. The van der Waals surface area contributed by atoms with Crippen molar-refractivity contribution < 1.29 is 14.3 Å². The third-order valence-corrected chi connectivity index (χ3v) is 3.39. The lowest BCUT2D eigenvalue weighted by molar-refractivity contribution is 0.0636. The molecular weight excluding hydrogens is 257 g/mol. The first kappa shape index (κ1) is 16.5. The van der Waals surface area contributed by atoms with Gasteiger partial charge in [-0.15, -0.1) is 0 Å². The summed E-state index contributed by atoms with van der Waals surface area (Å²) < 4.78 is 13.3. The second-order valence-electron chi connectivity index (χ2n) is 5.48. The van der Waals surface area contributed by atoms with Crippen molar-refractivity contribution in [2.45, 2.75) is 46.6 Å². The maximum absolute atomic E-state index is 13.3. The zero-order chi connectivity index (χ0) is 15.3. The van der Waals surface area contributed by atoms with Crippen molar-refractivity contribution in [2.24, 2.45) is 5.92 Å². The van der Waals surface area contributed by atoms with Crippen LogP contribution in [0.2, 0.25) is 0 Å². The minimum atomic E-state index is -0.514. The fourth-order valence-electron chi connectivity index (χ4n) is 2.35. The Labute approximate surface area is 120 Å². The summed E-state index contributed by atoms with van der Waals surface area (Å²) in [5.74, 6) is -0.670. The molecule has 4 heteroatoms. The summed E-state index contributed by atoms with van der Waals surface area (Å²) in [5, 5.41) is 9.80. The van der Waals surface area contributed by atoms with Gasteiger partial charge in [-0.25, -0.2) is 4.39 Å². The van der Waals surface area contributed by atoms with E-state index in [-0.39, 0.29) is 23.3 Å². The highest BCUT2D eigenvalue weighted by atomic mass is 19.1. The van der Waals surface area contributed by atoms with Crippen LogP contribution in [0.15, 0.2) is 18.2 Å². The summed E-state index contributed by atoms with van der Waals surface area (Å²) in [6.45, 7) is 8.73. The van der Waals surface area contributed by atoms with E-state index in [1.54, 1.807) is 4.90 Å². The molecule has 0 spiro atoms. The minimum Gasteiger partial charge on any atom is -0.507 e. The van der Waals surface area contributed by atoms with Gasteiger partial charge in [0, 0.05) is 12.6 Å². The number of nitrogens with zero attached hydrogens (tertiary/aromatic N) is 1. The van der Waals surface area contributed by atoms with E-state index in [0.29, 0.717) is 12.5 Å². The predicted molar refractivity (Wildman–Crippen MR) is 78.3 cm³/mol. The fourth-order valence-corrected chi connectivity index (χ4v) is 2.35. The molecule has 0 radical (unpaired) electrons. The third kappa shape index (κ3) is 3.95. The highest BCUT2D eigenvalue weighted by molar-refractivity contribution is 5.97. The van der Waals surface area contributed by atoms with E-state index >= 15 is 0 Å². The molecule has 0 aliphatic heterocycles. The van der Waals surface area contributed by atoms with E-state index in [9.17, 15) is 14.3 Å². The number of rotatable bonds is 6. The van der Waals surface area contributed by atoms with Crippen LogP contribution in [0, 0.1) is 11.7 Å². The van der Waals surface area contributed by atoms with Crippen LogP contribution in [0.4, 0.5) is 4.39 Å². The Hall–Kier alpha value is -1.58. The molecule has 1 amide bonds. The molecule has 0 atom stereocenters.